The molecule has 3 aromatic rings. The highest BCUT2D eigenvalue weighted by molar-refractivity contribution is 7.98. The van der Waals surface area contributed by atoms with Gasteiger partial charge in [-0.05, 0) is 36.8 Å². The van der Waals surface area contributed by atoms with E-state index in [2.05, 4.69) is 22.1 Å². The van der Waals surface area contributed by atoms with Gasteiger partial charge in [0.05, 0.1) is 11.0 Å². The number of carbonyl (C=O) groups is 1. The lowest BCUT2D eigenvalue weighted by Crippen LogP contribution is -2.28. The van der Waals surface area contributed by atoms with Crippen LogP contribution in [0, 0.1) is 10.1 Å². The van der Waals surface area contributed by atoms with Crippen LogP contribution in [0.4, 0.5) is 5.69 Å². The molecule has 1 amide bonds. The van der Waals surface area contributed by atoms with E-state index in [1.807, 2.05) is 11.5 Å². The van der Waals surface area contributed by atoms with E-state index in [4.69, 9.17) is 11.6 Å². The molecule has 1 heterocycles. The molecule has 160 valence electrons. The first-order chi connectivity index (χ1) is 14.9. The van der Waals surface area contributed by atoms with Gasteiger partial charge in [-0.15, -0.1) is 16.8 Å². The largest absolute Gasteiger partial charge is 0.342 e. The van der Waals surface area contributed by atoms with Gasteiger partial charge in [0.15, 0.2) is 11.0 Å². The molecule has 0 aliphatic rings. The van der Waals surface area contributed by atoms with Crippen molar-refractivity contribution in [1.82, 2.24) is 20.1 Å². The molecule has 0 aliphatic carbocycles. The van der Waals surface area contributed by atoms with E-state index in [1.54, 1.807) is 42.5 Å². The summed E-state index contributed by atoms with van der Waals surface area (Å²) in [4.78, 5) is 22.9. The number of benzene rings is 2. The Kier molecular flexibility index (Phi) is 7.43. The molecule has 0 radical (unpaired) electrons. The van der Waals surface area contributed by atoms with Crippen molar-refractivity contribution in [2.24, 2.45) is 0 Å². The zero-order chi connectivity index (χ0) is 22.4. The maximum absolute atomic E-state index is 12.5. The highest BCUT2D eigenvalue weighted by Crippen LogP contribution is 2.25. The molecule has 31 heavy (non-hydrogen) atoms. The zero-order valence-corrected chi connectivity index (χ0v) is 18.3. The molecule has 10 heteroatoms. The molecular formula is C21H20ClN5O3S. The number of amides is 1. The van der Waals surface area contributed by atoms with E-state index in [0.29, 0.717) is 33.9 Å². The molecule has 0 spiro atoms. The minimum atomic E-state index is -0.427. The van der Waals surface area contributed by atoms with Crippen LogP contribution in [0.2, 0.25) is 5.02 Å². The minimum Gasteiger partial charge on any atom is -0.342 e. The standard InChI is InChI=1S/C21H20ClN5O3S/c1-3-12-26-19(14(2)23-20(28)16-6-8-17(22)9-7-16)24-25-21(26)31-13-15-4-10-18(11-5-15)27(29)30/h3-11,14H,1,12-13H2,2H3,(H,23,28)/t14-/m0/s1. The molecule has 0 fully saturated rings. The molecular weight excluding hydrogens is 438 g/mol. The van der Waals surface area contributed by atoms with Gasteiger partial charge in [-0.3, -0.25) is 14.9 Å². The first-order valence-electron chi connectivity index (χ1n) is 9.35. The predicted octanol–water partition coefficient (Wildman–Crippen LogP) is 4.81. The molecule has 8 nitrogen and oxygen atoms in total. The summed E-state index contributed by atoms with van der Waals surface area (Å²) >= 11 is 7.33. The fourth-order valence-electron chi connectivity index (χ4n) is 2.84. The van der Waals surface area contributed by atoms with Gasteiger partial charge >= 0.3 is 0 Å². The van der Waals surface area contributed by atoms with Gasteiger partial charge in [0.25, 0.3) is 11.6 Å². The number of nitro benzene ring substituents is 1. The van der Waals surface area contributed by atoms with Gasteiger partial charge in [0.1, 0.15) is 0 Å². The Morgan fingerprint density at radius 3 is 2.55 bits per heavy atom. The molecule has 1 atom stereocenters. The molecule has 1 aromatic heterocycles. The summed E-state index contributed by atoms with van der Waals surface area (Å²) in [6.45, 7) is 6.10. The third-order valence-electron chi connectivity index (χ3n) is 4.41. The fraction of sp³-hybridized carbons (Fsp3) is 0.190. The molecule has 0 saturated heterocycles. The number of allylic oxidation sites excluding steroid dienone is 1. The van der Waals surface area contributed by atoms with Crippen molar-refractivity contribution in [3.8, 4) is 0 Å². The Hall–Kier alpha value is -3.17. The van der Waals surface area contributed by atoms with Crippen LogP contribution in [0.25, 0.3) is 0 Å². The number of halogens is 1. The fourth-order valence-corrected chi connectivity index (χ4v) is 3.87. The lowest BCUT2D eigenvalue weighted by atomic mass is 10.2. The van der Waals surface area contributed by atoms with Crippen LogP contribution in [0.1, 0.15) is 34.7 Å². The van der Waals surface area contributed by atoms with E-state index in [9.17, 15) is 14.9 Å². The molecule has 0 unspecified atom stereocenters. The number of nitro groups is 1. The zero-order valence-electron chi connectivity index (χ0n) is 16.7. The summed E-state index contributed by atoms with van der Waals surface area (Å²) in [5, 5.41) is 23.5. The number of nitrogens with zero attached hydrogens (tertiary/aromatic N) is 4. The third-order valence-corrected chi connectivity index (χ3v) is 5.70. The number of carbonyl (C=O) groups excluding carboxylic acids is 1. The summed E-state index contributed by atoms with van der Waals surface area (Å²) in [6, 6.07) is 12.6. The molecule has 0 bridgehead atoms. The third kappa shape index (κ3) is 5.71. The lowest BCUT2D eigenvalue weighted by molar-refractivity contribution is -0.384. The van der Waals surface area contributed by atoms with Gasteiger partial charge in [-0.2, -0.15) is 0 Å². The van der Waals surface area contributed by atoms with Crippen LogP contribution in [-0.4, -0.2) is 25.6 Å². The average molecular weight is 458 g/mol. The Morgan fingerprint density at radius 2 is 1.94 bits per heavy atom. The highest BCUT2D eigenvalue weighted by Gasteiger charge is 2.20. The molecule has 0 saturated carbocycles. The van der Waals surface area contributed by atoms with Crippen molar-refractivity contribution in [2.45, 2.75) is 30.4 Å². The topological polar surface area (TPSA) is 103 Å². The number of thioether (sulfide) groups is 1. The predicted molar refractivity (Wildman–Crippen MR) is 120 cm³/mol. The molecule has 2 aromatic carbocycles. The van der Waals surface area contributed by atoms with E-state index in [-0.39, 0.29) is 17.6 Å². The van der Waals surface area contributed by atoms with Crippen molar-refractivity contribution < 1.29 is 9.72 Å². The monoisotopic (exact) mass is 457 g/mol. The first-order valence-corrected chi connectivity index (χ1v) is 10.7. The van der Waals surface area contributed by atoms with Crippen LogP contribution in [-0.2, 0) is 12.3 Å². The van der Waals surface area contributed by atoms with Gasteiger partial charge in [-0.25, -0.2) is 0 Å². The second kappa shape index (κ2) is 10.2. The summed E-state index contributed by atoms with van der Waals surface area (Å²) < 4.78 is 1.88. The van der Waals surface area contributed by atoms with Crippen LogP contribution in [0.15, 0.2) is 66.3 Å². The Morgan fingerprint density at radius 1 is 1.26 bits per heavy atom. The SMILES string of the molecule is C=CCn1c(SCc2ccc([N+](=O)[O-])cc2)nnc1[C@H](C)NC(=O)c1ccc(Cl)cc1. The van der Waals surface area contributed by atoms with E-state index in [0.717, 1.165) is 5.56 Å². The van der Waals surface area contributed by atoms with Gasteiger partial charge in [0.2, 0.25) is 0 Å². The summed E-state index contributed by atoms with van der Waals surface area (Å²) in [5.41, 5.74) is 1.48. The van der Waals surface area contributed by atoms with E-state index >= 15 is 0 Å². The van der Waals surface area contributed by atoms with E-state index in [1.165, 1.54) is 23.9 Å². The highest BCUT2D eigenvalue weighted by atomic mass is 35.5. The van der Waals surface area contributed by atoms with Crippen molar-refractivity contribution in [3.63, 3.8) is 0 Å². The molecule has 0 aliphatic heterocycles. The van der Waals surface area contributed by atoms with Crippen molar-refractivity contribution >= 4 is 35.0 Å². The Balaban J connectivity index is 1.71. The maximum Gasteiger partial charge on any atom is 0.269 e. The van der Waals surface area contributed by atoms with Crippen LogP contribution in [0.5, 0.6) is 0 Å². The smallest absolute Gasteiger partial charge is 0.269 e. The second-order valence-electron chi connectivity index (χ2n) is 6.65. The number of hydrogen-bond acceptors (Lipinski definition) is 6. The Labute approximate surface area is 188 Å². The van der Waals surface area contributed by atoms with Gasteiger partial charge < -0.3 is 9.88 Å². The quantitative estimate of drug-likeness (QED) is 0.214. The van der Waals surface area contributed by atoms with Gasteiger partial charge in [-0.1, -0.05) is 41.6 Å². The second-order valence-corrected chi connectivity index (χ2v) is 8.03. The average Bonchev–Trinajstić information content (AvgIpc) is 3.16. The summed E-state index contributed by atoms with van der Waals surface area (Å²) in [6.07, 6.45) is 1.73. The minimum absolute atomic E-state index is 0.0520. The molecule has 3 rings (SSSR count). The van der Waals surface area contributed by atoms with Crippen molar-refractivity contribution in [1.29, 1.82) is 0 Å². The number of nitrogens with one attached hydrogen (secondary N) is 1. The molecule has 1 N–H and O–H groups in total. The normalized spacial score (nSPS) is 11.7. The summed E-state index contributed by atoms with van der Waals surface area (Å²) in [5.74, 6) is 0.935. The first kappa shape index (κ1) is 22.5. The van der Waals surface area contributed by atoms with Crippen molar-refractivity contribution in [3.05, 3.63) is 93.3 Å². The number of rotatable bonds is 9. The number of hydrogen-bond donors (Lipinski definition) is 1. The maximum atomic E-state index is 12.5. The lowest BCUT2D eigenvalue weighted by Gasteiger charge is -2.15. The van der Waals surface area contributed by atoms with Crippen LogP contribution < -0.4 is 5.32 Å². The Bertz CT molecular complexity index is 1080. The summed E-state index contributed by atoms with van der Waals surface area (Å²) in [7, 11) is 0. The van der Waals surface area contributed by atoms with Crippen LogP contribution in [0.3, 0.4) is 0 Å². The van der Waals surface area contributed by atoms with Crippen LogP contribution >= 0.6 is 23.4 Å². The number of non-ortho nitro benzene ring substituents is 1. The van der Waals surface area contributed by atoms with Gasteiger partial charge in [0, 0.05) is 35.0 Å². The number of aromatic nitrogens is 3. The van der Waals surface area contributed by atoms with E-state index < -0.39 is 4.92 Å². The van der Waals surface area contributed by atoms with Crippen molar-refractivity contribution in [2.75, 3.05) is 0 Å².